The van der Waals surface area contributed by atoms with E-state index in [1.807, 2.05) is 0 Å². The van der Waals surface area contributed by atoms with Crippen molar-refractivity contribution in [1.29, 1.82) is 0 Å². The molecule has 0 bridgehead atoms. The predicted octanol–water partition coefficient (Wildman–Crippen LogP) is 1.37. The Hall–Kier alpha value is -1.75. The van der Waals surface area contributed by atoms with E-state index in [2.05, 4.69) is 10.2 Å². The molecule has 2 aliphatic heterocycles. The summed E-state index contributed by atoms with van der Waals surface area (Å²) in [5.74, 6) is 0.250. The van der Waals surface area contributed by atoms with Crippen molar-refractivity contribution < 1.29 is 14.6 Å². The first-order valence-electron chi connectivity index (χ1n) is 7.11. The second-order valence-corrected chi connectivity index (χ2v) is 5.50. The lowest BCUT2D eigenvalue weighted by molar-refractivity contribution is 0.0929. The molecule has 2 saturated heterocycles. The molecule has 5 nitrogen and oxygen atoms in total. The first-order valence-corrected chi connectivity index (χ1v) is 7.11. The van der Waals surface area contributed by atoms with Crippen LogP contribution in [0.5, 0.6) is 11.5 Å². The van der Waals surface area contributed by atoms with Gasteiger partial charge in [0.2, 0.25) is 0 Å². The van der Waals surface area contributed by atoms with E-state index in [1.165, 1.54) is 26.0 Å². The van der Waals surface area contributed by atoms with Crippen LogP contribution in [-0.2, 0) is 0 Å². The van der Waals surface area contributed by atoms with Gasteiger partial charge in [0, 0.05) is 24.2 Å². The maximum absolute atomic E-state index is 12.3. The minimum atomic E-state index is -0.123. The molecule has 0 aromatic heterocycles. The molecule has 2 heterocycles. The highest BCUT2D eigenvalue weighted by molar-refractivity contribution is 5.95. The number of fused-ring (bicyclic) bond motifs is 1. The Balaban J connectivity index is 1.68. The smallest absolute Gasteiger partial charge is 0.251 e. The van der Waals surface area contributed by atoms with Crippen LogP contribution >= 0.6 is 0 Å². The predicted molar refractivity (Wildman–Crippen MR) is 75.1 cm³/mol. The van der Waals surface area contributed by atoms with Gasteiger partial charge in [-0.25, -0.2) is 0 Å². The number of hydrogen-bond acceptors (Lipinski definition) is 4. The van der Waals surface area contributed by atoms with Crippen molar-refractivity contribution in [3.8, 4) is 11.5 Å². The molecular formula is C15H20N2O3. The fourth-order valence-corrected chi connectivity index (χ4v) is 3.33. The summed E-state index contributed by atoms with van der Waals surface area (Å²) in [7, 11) is 1.49. The van der Waals surface area contributed by atoms with E-state index >= 15 is 0 Å². The van der Waals surface area contributed by atoms with Crippen LogP contribution in [0.1, 0.15) is 29.6 Å². The molecule has 3 rings (SSSR count). The molecule has 2 aliphatic rings. The highest BCUT2D eigenvalue weighted by Gasteiger charge is 2.37. The number of aromatic hydroxyl groups is 1. The Bertz CT molecular complexity index is 518. The quantitative estimate of drug-likeness (QED) is 0.875. The zero-order chi connectivity index (χ0) is 14.1. The minimum Gasteiger partial charge on any atom is -0.504 e. The Morgan fingerprint density at radius 3 is 3.00 bits per heavy atom. The highest BCUT2D eigenvalue weighted by Crippen LogP contribution is 2.29. The molecule has 5 heteroatoms. The lowest BCUT2D eigenvalue weighted by Crippen LogP contribution is -2.42. The molecule has 2 N–H and O–H groups in total. The topological polar surface area (TPSA) is 61.8 Å². The normalized spacial score (nSPS) is 25.4. The van der Waals surface area contributed by atoms with Gasteiger partial charge in [-0.05, 0) is 44.0 Å². The SMILES string of the molecule is COc1ccc(C(=O)NC2CCN3CCCC23)cc1O. The van der Waals surface area contributed by atoms with Crippen LogP contribution in [0.2, 0.25) is 0 Å². The van der Waals surface area contributed by atoms with Gasteiger partial charge >= 0.3 is 0 Å². The summed E-state index contributed by atoms with van der Waals surface area (Å²) >= 11 is 0. The third kappa shape index (κ3) is 2.33. The average molecular weight is 276 g/mol. The van der Waals surface area contributed by atoms with Crippen molar-refractivity contribution in [2.45, 2.75) is 31.3 Å². The number of benzene rings is 1. The first-order chi connectivity index (χ1) is 9.69. The fraction of sp³-hybridized carbons (Fsp3) is 0.533. The maximum Gasteiger partial charge on any atom is 0.251 e. The minimum absolute atomic E-state index is 0.00550. The number of amides is 1. The Kier molecular flexibility index (Phi) is 3.53. The number of nitrogens with one attached hydrogen (secondary N) is 1. The molecule has 1 aromatic rings. The lowest BCUT2D eigenvalue weighted by Gasteiger charge is -2.21. The van der Waals surface area contributed by atoms with Crippen LogP contribution < -0.4 is 10.1 Å². The van der Waals surface area contributed by atoms with Crippen LogP contribution in [0.25, 0.3) is 0 Å². The number of hydrogen-bond donors (Lipinski definition) is 2. The van der Waals surface area contributed by atoms with E-state index in [4.69, 9.17) is 4.74 Å². The van der Waals surface area contributed by atoms with Gasteiger partial charge in [0.15, 0.2) is 11.5 Å². The molecular weight excluding hydrogens is 256 g/mol. The fourth-order valence-electron chi connectivity index (χ4n) is 3.33. The standard InChI is InChI=1S/C15H20N2O3/c1-20-14-5-4-10(9-13(14)18)15(19)16-11-6-8-17-7-2-3-12(11)17/h4-5,9,11-12,18H,2-3,6-8H2,1H3,(H,16,19). The van der Waals surface area contributed by atoms with Gasteiger partial charge in [-0.3, -0.25) is 9.69 Å². The molecule has 0 spiro atoms. The summed E-state index contributed by atoms with van der Waals surface area (Å²) in [6.45, 7) is 2.23. The average Bonchev–Trinajstić information content (AvgIpc) is 3.03. The number of phenolic OH excluding ortho intramolecular Hbond substituents is 1. The van der Waals surface area contributed by atoms with Crippen LogP contribution in [0, 0.1) is 0 Å². The number of rotatable bonds is 3. The summed E-state index contributed by atoms with van der Waals surface area (Å²) < 4.78 is 4.98. The van der Waals surface area contributed by atoms with Gasteiger partial charge in [-0.2, -0.15) is 0 Å². The Morgan fingerprint density at radius 1 is 1.40 bits per heavy atom. The Labute approximate surface area is 118 Å². The van der Waals surface area contributed by atoms with Gasteiger partial charge in [0.25, 0.3) is 5.91 Å². The van der Waals surface area contributed by atoms with Gasteiger partial charge in [-0.15, -0.1) is 0 Å². The molecule has 1 aromatic carbocycles. The van der Waals surface area contributed by atoms with Gasteiger partial charge in [-0.1, -0.05) is 0 Å². The molecule has 1 amide bonds. The molecule has 0 radical (unpaired) electrons. The number of carbonyl (C=O) groups is 1. The van der Waals surface area contributed by atoms with Crippen LogP contribution in [0.4, 0.5) is 0 Å². The lowest BCUT2D eigenvalue weighted by atomic mass is 10.1. The van der Waals surface area contributed by atoms with Crippen molar-refractivity contribution in [3.05, 3.63) is 23.8 Å². The van der Waals surface area contributed by atoms with E-state index in [1.54, 1.807) is 12.1 Å². The molecule has 2 fully saturated rings. The van der Waals surface area contributed by atoms with Crippen molar-refractivity contribution in [1.82, 2.24) is 10.2 Å². The molecule has 0 saturated carbocycles. The number of phenols is 1. The van der Waals surface area contributed by atoms with Crippen LogP contribution in [0.3, 0.4) is 0 Å². The highest BCUT2D eigenvalue weighted by atomic mass is 16.5. The number of ether oxygens (including phenoxy) is 1. The summed E-state index contributed by atoms with van der Waals surface area (Å²) in [5.41, 5.74) is 0.472. The zero-order valence-corrected chi connectivity index (χ0v) is 11.6. The van der Waals surface area contributed by atoms with E-state index in [0.717, 1.165) is 19.5 Å². The van der Waals surface area contributed by atoms with Crippen LogP contribution in [0.15, 0.2) is 18.2 Å². The van der Waals surface area contributed by atoms with Gasteiger partial charge in [0.05, 0.1) is 7.11 Å². The summed E-state index contributed by atoms with van der Waals surface area (Å²) in [4.78, 5) is 14.7. The molecule has 2 atom stereocenters. The second-order valence-electron chi connectivity index (χ2n) is 5.50. The van der Waals surface area contributed by atoms with E-state index in [0.29, 0.717) is 17.4 Å². The van der Waals surface area contributed by atoms with Crippen molar-refractivity contribution >= 4 is 5.91 Å². The zero-order valence-electron chi connectivity index (χ0n) is 11.6. The number of carbonyl (C=O) groups excluding carboxylic acids is 1. The summed E-state index contributed by atoms with van der Waals surface area (Å²) in [5, 5.41) is 12.8. The second kappa shape index (κ2) is 5.32. The number of nitrogens with zero attached hydrogens (tertiary/aromatic N) is 1. The molecule has 20 heavy (non-hydrogen) atoms. The molecule has 108 valence electrons. The van der Waals surface area contributed by atoms with E-state index in [-0.39, 0.29) is 17.7 Å². The summed E-state index contributed by atoms with van der Waals surface area (Å²) in [6.07, 6.45) is 3.40. The first kappa shape index (κ1) is 13.2. The van der Waals surface area contributed by atoms with Gasteiger partial charge in [0.1, 0.15) is 0 Å². The third-order valence-corrected chi connectivity index (χ3v) is 4.36. The third-order valence-electron chi connectivity index (χ3n) is 4.36. The van der Waals surface area contributed by atoms with Crippen molar-refractivity contribution in [2.75, 3.05) is 20.2 Å². The Morgan fingerprint density at radius 2 is 2.25 bits per heavy atom. The van der Waals surface area contributed by atoms with Crippen molar-refractivity contribution in [2.24, 2.45) is 0 Å². The molecule has 0 aliphatic carbocycles. The summed E-state index contributed by atoms with van der Waals surface area (Å²) in [6, 6.07) is 5.46. The monoisotopic (exact) mass is 276 g/mol. The van der Waals surface area contributed by atoms with Gasteiger partial charge < -0.3 is 15.2 Å². The van der Waals surface area contributed by atoms with E-state index < -0.39 is 0 Å². The van der Waals surface area contributed by atoms with Crippen LogP contribution in [-0.4, -0.2) is 48.2 Å². The van der Waals surface area contributed by atoms with Crippen molar-refractivity contribution in [3.63, 3.8) is 0 Å². The van der Waals surface area contributed by atoms with E-state index in [9.17, 15) is 9.90 Å². The molecule has 2 unspecified atom stereocenters. The largest absolute Gasteiger partial charge is 0.504 e. The number of methoxy groups -OCH3 is 1. The maximum atomic E-state index is 12.3.